The molecule has 0 aromatic carbocycles. The maximum Gasteiger partial charge on any atom is 0.353 e. The SMILES string of the molecule is CC[C@H]1OC(=O)[C@H](C)[C@@H](O[C@H]2C[C@@](C)(OC)[C@@H](O)[C@H](C)O2)[C@H](C)[C@@H](O[C@@H]2O[C@H](C)C[C@H](N(C)C)[C@H]2O)[C@@]2(C)CC(C)=C(O2)[C@H](C)[C@H]2OC(=S)O[C@@]21C. The molecule has 13 nitrogen and oxygen atoms in total. The third kappa shape index (κ3) is 7.62. The molecule has 0 spiro atoms. The Hall–Kier alpha value is -1.62. The highest BCUT2D eigenvalue weighted by Gasteiger charge is 2.60. The molecule has 2 N–H and O–H groups in total. The summed E-state index contributed by atoms with van der Waals surface area (Å²) in [6.07, 6.45) is -5.76. The number of likely N-dealkylation sites (N-methyl/N-ethyl adjacent to an activating group) is 1. The van der Waals surface area contributed by atoms with E-state index in [2.05, 4.69) is 0 Å². The Labute approximate surface area is 314 Å². The number of rotatable bonds is 7. The Morgan fingerprint density at radius 2 is 1.65 bits per heavy atom. The quantitative estimate of drug-likeness (QED) is 0.282. The van der Waals surface area contributed by atoms with E-state index in [1.165, 1.54) is 0 Å². The van der Waals surface area contributed by atoms with Crippen molar-refractivity contribution in [2.24, 2.45) is 17.8 Å². The molecule has 5 aliphatic rings. The van der Waals surface area contributed by atoms with Crippen LogP contribution in [0, 0.1) is 17.8 Å². The molecule has 0 saturated carbocycles. The van der Waals surface area contributed by atoms with Gasteiger partial charge in [0.05, 0.1) is 35.7 Å². The average molecular weight is 758 g/mol. The number of ether oxygens (including phenoxy) is 9. The molecule has 14 heteroatoms. The van der Waals surface area contributed by atoms with E-state index in [-0.39, 0.29) is 29.7 Å². The Morgan fingerprint density at radius 1 is 0.981 bits per heavy atom. The second-order valence-corrected chi connectivity index (χ2v) is 17.1. The molecule has 4 fully saturated rings. The summed E-state index contributed by atoms with van der Waals surface area (Å²) in [5.41, 5.74) is -2.07. The third-order valence-corrected chi connectivity index (χ3v) is 12.6. The molecule has 0 aromatic heterocycles. The number of carbonyl (C=O) groups excluding carboxylic acids is 1. The molecule has 0 unspecified atom stereocenters. The van der Waals surface area contributed by atoms with E-state index in [1.807, 2.05) is 74.4 Å². The van der Waals surface area contributed by atoms with Gasteiger partial charge in [-0.2, -0.15) is 0 Å². The molecule has 2 bridgehead atoms. The number of hydrogen-bond acceptors (Lipinski definition) is 14. The molecule has 5 aliphatic heterocycles. The van der Waals surface area contributed by atoms with Crippen LogP contribution in [0.1, 0.15) is 94.9 Å². The highest BCUT2D eigenvalue weighted by atomic mass is 32.1. The number of nitrogens with zero attached hydrogens (tertiary/aromatic N) is 1. The van der Waals surface area contributed by atoms with Gasteiger partial charge in [-0.1, -0.05) is 20.8 Å². The lowest BCUT2D eigenvalue weighted by Gasteiger charge is -2.48. The zero-order valence-corrected chi connectivity index (χ0v) is 34.1. The van der Waals surface area contributed by atoms with Gasteiger partial charge in [-0.05, 0) is 81.0 Å². The van der Waals surface area contributed by atoms with Crippen molar-refractivity contribution in [2.45, 2.75) is 179 Å². The van der Waals surface area contributed by atoms with E-state index in [4.69, 9.17) is 54.8 Å². The molecule has 5 heterocycles. The van der Waals surface area contributed by atoms with Crippen molar-refractivity contribution in [3.05, 3.63) is 11.3 Å². The first-order valence-electron chi connectivity index (χ1n) is 18.9. The standard InChI is InChI=1S/C38H63NO12S/c1-14-25-38(10)32(49-35(52)51-38)20(4)28-18(2)16-37(9,50-28)31(48-34-27(40)24(39(11)12)15-19(3)44-34)21(5)29(22(6)33(42)46-25)47-26-17-36(8,43-13)30(41)23(7)45-26/h19-27,29-32,34,40-41H,14-17H2,1-13H3/t19-,20+,21+,22-,23+,24+,25-,26+,27-,29+,30+,31-,32-,34+,36-,37-,38-/m1/s1. The van der Waals surface area contributed by atoms with Crippen LogP contribution in [0.3, 0.4) is 0 Å². The van der Waals surface area contributed by atoms with Gasteiger partial charge in [-0.3, -0.25) is 4.79 Å². The summed E-state index contributed by atoms with van der Waals surface area (Å²) in [7, 11) is 5.40. The van der Waals surface area contributed by atoms with Gasteiger partial charge in [-0.15, -0.1) is 0 Å². The monoisotopic (exact) mass is 757 g/mol. The molecule has 0 amide bonds. The largest absolute Gasteiger partial charge is 0.488 e. The highest BCUT2D eigenvalue weighted by molar-refractivity contribution is 7.79. The van der Waals surface area contributed by atoms with Gasteiger partial charge in [0.25, 0.3) is 0 Å². The number of carbonyl (C=O) groups is 1. The molecule has 298 valence electrons. The van der Waals surface area contributed by atoms with Crippen LogP contribution in [-0.4, -0.2) is 132 Å². The number of aliphatic hydroxyl groups is 2. The zero-order valence-electron chi connectivity index (χ0n) is 33.2. The first kappa shape index (κ1) is 41.5. The lowest BCUT2D eigenvalue weighted by atomic mass is 9.78. The topological polar surface area (TPSA) is 144 Å². The fraction of sp³-hybridized carbons (Fsp3) is 0.895. The van der Waals surface area contributed by atoms with Gasteiger partial charge < -0.3 is 57.7 Å². The maximum atomic E-state index is 14.4. The van der Waals surface area contributed by atoms with Crippen molar-refractivity contribution in [1.82, 2.24) is 4.90 Å². The molecule has 5 rings (SSSR count). The summed E-state index contributed by atoms with van der Waals surface area (Å²) in [4.78, 5) is 16.4. The normalized spacial score (nSPS) is 48.8. The van der Waals surface area contributed by atoms with Gasteiger partial charge in [0.1, 0.15) is 35.8 Å². The van der Waals surface area contributed by atoms with E-state index < -0.39 is 89.9 Å². The van der Waals surface area contributed by atoms with Gasteiger partial charge >= 0.3 is 11.2 Å². The van der Waals surface area contributed by atoms with Crippen molar-refractivity contribution in [3.63, 3.8) is 0 Å². The fourth-order valence-electron chi connectivity index (χ4n) is 9.35. The lowest BCUT2D eigenvalue weighted by Crippen LogP contribution is -2.60. The van der Waals surface area contributed by atoms with Crippen LogP contribution in [0.15, 0.2) is 11.3 Å². The number of aliphatic hydroxyl groups excluding tert-OH is 2. The minimum absolute atomic E-state index is 0.0102. The zero-order chi connectivity index (χ0) is 38.7. The van der Waals surface area contributed by atoms with Crippen LogP contribution in [0.5, 0.6) is 0 Å². The van der Waals surface area contributed by atoms with E-state index in [0.29, 0.717) is 19.3 Å². The van der Waals surface area contributed by atoms with Gasteiger partial charge in [0.2, 0.25) is 0 Å². The Kier molecular flexibility index (Phi) is 12.4. The van der Waals surface area contributed by atoms with Crippen LogP contribution in [-0.2, 0) is 47.4 Å². The summed E-state index contributed by atoms with van der Waals surface area (Å²) in [5, 5.41) is 22.6. The summed E-state index contributed by atoms with van der Waals surface area (Å²) in [6.45, 7) is 19.1. The van der Waals surface area contributed by atoms with Gasteiger partial charge in [0.15, 0.2) is 24.3 Å². The van der Waals surface area contributed by atoms with E-state index in [0.717, 1.165) is 11.3 Å². The Bertz CT molecular complexity index is 1350. The number of thiocarbonyl (C=S) groups is 1. The fourth-order valence-corrected chi connectivity index (χ4v) is 9.63. The van der Waals surface area contributed by atoms with Crippen molar-refractivity contribution in [1.29, 1.82) is 0 Å². The summed E-state index contributed by atoms with van der Waals surface area (Å²) >= 11 is 5.44. The van der Waals surface area contributed by atoms with E-state index in [1.54, 1.807) is 21.0 Å². The minimum Gasteiger partial charge on any atom is -0.488 e. The second kappa shape index (κ2) is 15.5. The summed E-state index contributed by atoms with van der Waals surface area (Å²) in [6, 6.07) is -0.213. The van der Waals surface area contributed by atoms with Crippen molar-refractivity contribution >= 4 is 23.4 Å². The molecule has 17 atom stereocenters. The molecule has 0 radical (unpaired) electrons. The lowest BCUT2D eigenvalue weighted by molar-refractivity contribution is -0.316. The summed E-state index contributed by atoms with van der Waals surface area (Å²) < 4.78 is 57.9. The second-order valence-electron chi connectivity index (χ2n) is 16.7. The molecular weight excluding hydrogens is 694 g/mol. The smallest absolute Gasteiger partial charge is 0.353 e. The summed E-state index contributed by atoms with van der Waals surface area (Å²) in [5.74, 6) is -1.54. The molecule has 0 aliphatic carbocycles. The van der Waals surface area contributed by atoms with E-state index >= 15 is 0 Å². The highest BCUT2D eigenvalue weighted by Crippen LogP contribution is 2.49. The minimum atomic E-state index is -1.11. The number of hydrogen-bond donors (Lipinski definition) is 2. The van der Waals surface area contributed by atoms with Crippen LogP contribution >= 0.6 is 12.2 Å². The Balaban J connectivity index is 1.62. The Morgan fingerprint density at radius 3 is 2.27 bits per heavy atom. The van der Waals surface area contributed by atoms with Crippen LogP contribution in [0.25, 0.3) is 0 Å². The average Bonchev–Trinajstić information content (AvgIpc) is 3.57. The van der Waals surface area contributed by atoms with Crippen LogP contribution < -0.4 is 0 Å². The maximum absolute atomic E-state index is 14.4. The first-order chi connectivity index (χ1) is 24.2. The number of esters is 1. The van der Waals surface area contributed by atoms with Crippen LogP contribution in [0.4, 0.5) is 0 Å². The first-order valence-corrected chi connectivity index (χ1v) is 19.3. The molecule has 4 saturated heterocycles. The molecule has 52 heavy (non-hydrogen) atoms. The third-order valence-electron chi connectivity index (χ3n) is 12.4. The van der Waals surface area contributed by atoms with Crippen molar-refractivity contribution in [3.8, 4) is 0 Å². The van der Waals surface area contributed by atoms with E-state index in [9.17, 15) is 15.0 Å². The van der Waals surface area contributed by atoms with Crippen molar-refractivity contribution in [2.75, 3.05) is 21.2 Å². The number of fused-ring (bicyclic) bond motifs is 3. The molecule has 0 aromatic rings. The van der Waals surface area contributed by atoms with Gasteiger partial charge in [-0.25, -0.2) is 0 Å². The number of cyclic esters (lactones) is 1. The number of methoxy groups -OCH3 is 1. The van der Waals surface area contributed by atoms with Crippen molar-refractivity contribution < 1.29 is 57.6 Å². The van der Waals surface area contributed by atoms with Gasteiger partial charge in [0, 0.05) is 44.1 Å². The molecular formula is C38H63NO12S. The predicted molar refractivity (Wildman–Crippen MR) is 194 cm³/mol. The predicted octanol–water partition coefficient (Wildman–Crippen LogP) is 4.24. The van der Waals surface area contributed by atoms with Crippen LogP contribution in [0.2, 0.25) is 0 Å².